The van der Waals surface area contributed by atoms with Crippen LogP contribution >= 0.6 is 0 Å². The Morgan fingerprint density at radius 2 is 1.19 bits per heavy atom. The topological polar surface area (TPSA) is 45.5 Å². The lowest BCUT2D eigenvalue weighted by molar-refractivity contribution is 0.122. The molecule has 4 heteroatoms. The van der Waals surface area contributed by atoms with Crippen molar-refractivity contribution >= 4 is 22.5 Å². The van der Waals surface area contributed by atoms with Crippen LogP contribution < -0.4 is 9.64 Å². The van der Waals surface area contributed by atoms with E-state index in [1.54, 1.807) is 0 Å². The van der Waals surface area contributed by atoms with Crippen LogP contribution in [0.15, 0.2) is 176 Å². The van der Waals surface area contributed by atoms with Gasteiger partial charge < -0.3 is 14.4 Å². The van der Waals surface area contributed by atoms with Crippen LogP contribution in [0.5, 0.6) is 5.75 Å². The molecule has 0 N–H and O–H groups in total. The number of anilines is 1. The largest absolute Gasteiger partial charge is 0.472 e. The number of benzene rings is 8. The zero-order valence-electron chi connectivity index (χ0n) is 34.9. The number of hydrogen-bond acceptors (Lipinski definition) is 4. The first-order chi connectivity index (χ1) is 30.4. The number of nitrogens with zero attached hydrogens (tertiary/aromatic N) is 2. The first-order valence-electron chi connectivity index (χ1n) is 21.7. The lowest BCUT2D eigenvalue weighted by Gasteiger charge is -2.40. The molecular weight excluding hydrogens is 757 g/mol. The monoisotopic (exact) mass is 800 g/mol. The lowest BCUT2D eigenvalue weighted by atomic mass is 9.67. The zero-order chi connectivity index (χ0) is 41.6. The second-order valence-electron chi connectivity index (χ2n) is 17.6. The van der Waals surface area contributed by atoms with Gasteiger partial charge in [0.15, 0.2) is 5.60 Å². The van der Waals surface area contributed by atoms with E-state index in [1.807, 2.05) is 6.07 Å². The van der Waals surface area contributed by atoms with Crippen LogP contribution in [0, 0.1) is 11.3 Å². The van der Waals surface area contributed by atoms with Crippen LogP contribution in [-0.2, 0) is 21.2 Å². The van der Waals surface area contributed by atoms with Crippen LogP contribution in [-0.4, -0.2) is 26.3 Å². The van der Waals surface area contributed by atoms with Crippen LogP contribution in [0.3, 0.4) is 0 Å². The third-order valence-corrected chi connectivity index (χ3v) is 14.2. The summed E-state index contributed by atoms with van der Waals surface area (Å²) in [6, 6.07) is 64.3. The highest BCUT2D eigenvalue weighted by Crippen LogP contribution is 2.60. The standard InChI is InChI=1S/C58H44N2O2/c1-56(2)51-35-38(37-59)21-27-48(51)53-46-18-9-10-19-47(46)55-49(54(53)56)29-30-57(62-55,39-22-25-43(26-23-39)60-31-33-61-34-32-60)42-24-28-45-44-17-11-12-20-50(44)58(52(45)36-42,40-13-5-3-6-14-40)41-15-7-4-8-16-41/h3-30,35-36H,31-34H2,1-2H3. The van der Waals surface area contributed by atoms with Gasteiger partial charge in [0.1, 0.15) is 5.75 Å². The molecule has 4 aliphatic rings. The van der Waals surface area contributed by atoms with Crippen molar-refractivity contribution in [1.29, 1.82) is 5.26 Å². The minimum atomic E-state index is -0.986. The average molecular weight is 801 g/mol. The highest BCUT2D eigenvalue weighted by atomic mass is 16.5. The van der Waals surface area contributed by atoms with E-state index in [0.717, 1.165) is 59.5 Å². The Labute approximate surface area is 363 Å². The highest BCUT2D eigenvalue weighted by molar-refractivity contribution is 6.08. The lowest BCUT2D eigenvalue weighted by Crippen LogP contribution is -2.37. The van der Waals surface area contributed by atoms with E-state index >= 15 is 0 Å². The quantitative estimate of drug-likeness (QED) is 0.174. The van der Waals surface area contributed by atoms with Gasteiger partial charge in [0.25, 0.3) is 0 Å². The minimum absolute atomic E-state index is 0.372. The molecule has 1 fully saturated rings. The molecule has 2 aliphatic heterocycles. The third-order valence-electron chi connectivity index (χ3n) is 14.2. The summed E-state index contributed by atoms with van der Waals surface area (Å²) < 4.78 is 13.6. The Morgan fingerprint density at radius 1 is 0.565 bits per heavy atom. The number of hydrogen-bond donors (Lipinski definition) is 0. The molecule has 12 rings (SSSR count). The maximum atomic E-state index is 9.97. The Hall–Kier alpha value is -7.19. The molecule has 8 aromatic rings. The summed E-state index contributed by atoms with van der Waals surface area (Å²) in [6.07, 6.45) is 4.65. The summed E-state index contributed by atoms with van der Waals surface area (Å²) in [5, 5.41) is 12.2. The fraction of sp³-hybridized carbons (Fsp3) is 0.155. The van der Waals surface area contributed by atoms with E-state index in [9.17, 15) is 5.26 Å². The molecule has 0 amide bonds. The van der Waals surface area contributed by atoms with Gasteiger partial charge in [-0.1, -0.05) is 159 Å². The van der Waals surface area contributed by atoms with Gasteiger partial charge in [-0.3, -0.25) is 0 Å². The fourth-order valence-electron chi connectivity index (χ4n) is 11.4. The predicted molar refractivity (Wildman–Crippen MR) is 250 cm³/mol. The van der Waals surface area contributed by atoms with Gasteiger partial charge in [0.2, 0.25) is 0 Å². The van der Waals surface area contributed by atoms with E-state index in [-0.39, 0.29) is 5.41 Å². The maximum Gasteiger partial charge on any atom is 0.178 e. The van der Waals surface area contributed by atoms with Crippen LogP contribution in [0.4, 0.5) is 5.69 Å². The number of fused-ring (bicyclic) bond motifs is 11. The van der Waals surface area contributed by atoms with Crippen molar-refractivity contribution in [2.24, 2.45) is 0 Å². The summed E-state index contributed by atoms with van der Waals surface area (Å²) in [4.78, 5) is 2.40. The van der Waals surface area contributed by atoms with Gasteiger partial charge in [-0.25, -0.2) is 0 Å². The van der Waals surface area contributed by atoms with Crippen molar-refractivity contribution in [3.63, 3.8) is 0 Å². The summed E-state index contributed by atoms with van der Waals surface area (Å²) in [5.41, 5.74) is 15.4. The van der Waals surface area contributed by atoms with E-state index in [1.165, 1.54) is 61.3 Å². The van der Waals surface area contributed by atoms with Crippen molar-refractivity contribution in [3.05, 3.63) is 232 Å². The van der Waals surface area contributed by atoms with Crippen LogP contribution in [0.2, 0.25) is 0 Å². The predicted octanol–water partition coefficient (Wildman–Crippen LogP) is 12.6. The molecule has 0 radical (unpaired) electrons. The summed E-state index contributed by atoms with van der Waals surface area (Å²) in [6.45, 7) is 7.77. The summed E-state index contributed by atoms with van der Waals surface area (Å²) in [5.74, 6) is 0.877. The molecule has 0 bridgehead atoms. The molecule has 1 atom stereocenters. The van der Waals surface area contributed by atoms with Crippen molar-refractivity contribution in [3.8, 4) is 34.1 Å². The summed E-state index contributed by atoms with van der Waals surface area (Å²) in [7, 11) is 0. The molecule has 8 aromatic carbocycles. The number of morpholine rings is 1. The molecule has 62 heavy (non-hydrogen) atoms. The van der Waals surface area contributed by atoms with Gasteiger partial charge in [0, 0.05) is 46.3 Å². The Bertz CT molecular complexity index is 3130. The van der Waals surface area contributed by atoms with E-state index < -0.39 is 11.0 Å². The molecule has 1 saturated heterocycles. The van der Waals surface area contributed by atoms with Gasteiger partial charge in [-0.05, 0) is 97.4 Å². The smallest absolute Gasteiger partial charge is 0.178 e. The zero-order valence-corrected chi connectivity index (χ0v) is 34.9. The van der Waals surface area contributed by atoms with Crippen molar-refractivity contribution < 1.29 is 9.47 Å². The number of rotatable bonds is 5. The van der Waals surface area contributed by atoms with Crippen LogP contribution in [0.25, 0.3) is 39.1 Å². The first kappa shape index (κ1) is 36.6. The maximum absolute atomic E-state index is 9.97. The molecule has 0 spiro atoms. The molecule has 0 saturated carbocycles. The normalized spacial score (nSPS) is 18.5. The van der Waals surface area contributed by atoms with Gasteiger partial charge in [-0.2, -0.15) is 5.26 Å². The second kappa shape index (κ2) is 13.7. The van der Waals surface area contributed by atoms with Gasteiger partial charge in [-0.15, -0.1) is 0 Å². The Morgan fingerprint density at radius 3 is 1.92 bits per heavy atom. The van der Waals surface area contributed by atoms with Crippen LogP contribution in [0.1, 0.15) is 69.5 Å². The third kappa shape index (κ3) is 5.03. The highest BCUT2D eigenvalue weighted by Gasteiger charge is 2.49. The van der Waals surface area contributed by atoms with Crippen molar-refractivity contribution in [2.75, 3.05) is 31.2 Å². The number of nitriles is 1. The summed E-state index contributed by atoms with van der Waals surface area (Å²) >= 11 is 0. The van der Waals surface area contributed by atoms with E-state index in [2.05, 4.69) is 201 Å². The average Bonchev–Trinajstić information content (AvgIpc) is 3.77. The van der Waals surface area contributed by atoms with Crippen molar-refractivity contribution in [2.45, 2.75) is 30.3 Å². The second-order valence-corrected chi connectivity index (χ2v) is 17.6. The molecular formula is C58H44N2O2. The molecule has 4 nitrogen and oxygen atoms in total. The fourth-order valence-corrected chi connectivity index (χ4v) is 11.4. The molecule has 0 aromatic heterocycles. The van der Waals surface area contributed by atoms with Gasteiger partial charge in [0.05, 0.1) is 30.3 Å². The SMILES string of the molecule is CC1(C)c2cc(C#N)ccc2-c2c1c1c(c3ccccc23)OC(c2ccc(N3CCOCC3)cc2)(c2ccc3c(c2)C(c2ccccc2)(c2ccccc2)c2ccccc2-3)C=C1. The molecule has 2 aliphatic carbocycles. The van der Waals surface area contributed by atoms with Crippen molar-refractivity contribution in [1.82, 2.24) is 0 Å². The van der Waals surface area contributed by atoms with E-state index in [0.29, 0.717) is 5.56 Å². The number of ether oxygens (including phenoxy) is 2. The Kier molecular flexibility index (Phi) is 8.07. The molecule has 1 unspecified atom stereocenters. The van der Waals surface area contributed by atoms with Gasteiger partial charge >= 0.3 is 0 Å². The molecule has 298 valence electrons. The van der Waals surface area contributed by atoms with E-state index in [4.69, 9.17) is 9.47 Å². The Balaban J connectivity index is 1.12. The minimum Gasteiger partial charge on any atom is -0.472 e. The molecule has 2 heterocycles. The first-order valence-corrected chi connectivity index (χ1v) is 21.7.